The molecule has 0 bridgehead atoms. The van der Waals surface area contributed by atoms with E-state index in [1.807, 2.05) is 0 Å². The molecule has 1 unspecified atom stereocenters. The van der Waals surface area contributed by atoms with Gasteiger partial charge in [-0.1, -0.05) is 31.9 Å². The number of allylic oxidation sites excluding steroid dienone is 1. The van der Waals surface area contributed by atoms with E-state index in [2.05, 4.69) is 13.5 Å². The van der Waals surface area contributed by atoms with Gasteiger partial charge in [0.15, 0.2) is 0 Å². The van der Waals surface area contributed by atoms with Crippen LogP contribution >= 0.6 is 0 Å². The predicted molar refractivity (Wildman–Crippen MR) is 60.2 cm³/mol. The van der Waals surface area contributed by atoms with E-state index in [4.69, 9.17) is 0 Å². The largest absolute Gasteiger partial charge is 0.300 e. The monoisotopic (exact) mass is 194 g/mol. The van der Waals surface area contributed by atoms with Gasteiger partial charge in [0.2, 0.25) is 0 Å². The average molecular weight is 194 g/mol. The Morgan fingerprint density at radius 3 is 2.86 bits per heavy atom. The summed E-state index contributed by atoms with van der Waals surface area (Å²) < 4.78 is 0. The van der Waals surface area contributed by atoms with Gasteiger partial charge in [0.1, 0.15) is 5.78 Å². The normalized spacial score (nSPS) is 21.5. The molecule has 0 spiro atoms. The van der Waals surface area contributed by atoms with Crippen molar-refractivity contribution in [1.82, 2.24) is 0 Å². The number of rotatable bonds is 6. The third kappa shape index (κ3) is 4.08. The van der Waals surface area contributed by atoms with Gasteiger partial charge < -0.3 is 0 Å². The lowest BCUT2D eigenvalue weighted by molar-refractivity contribution is -0.117. The summed E-state index contributed by atoms with van der Waals surface area (Å²) in [7, 11) is 0. The molecular weight excluding hydrogens is 172 g/mol. The molecule has 1 aliphatic rings. The second-order valence-corrected chi connectivity index (χ2v) is 4.56. The molecule has 1 saturated carbocycles. The molecule has 0 aromatic carbocycles. The minimum Gasteiger partial charge on any atom is -0.300 e. The molecule has 0 radical (unpaired) electrons. The summed E-state index contributed by atoms with van der Waals surface area (Å²) in [6, 6.07) is 0. The van der Waals surface area contributed by atoms with Crippen LogP contribution in [0.1, 0.15) is 58.3 Å². The Hall–Kier alpha value is -0.590. The molecular formula is C13H22O. The van der Waals surface area contributed by atoms with E-state index in [1.165, 1.54) is 31.3 Å². The molecule has 1 atom stereocenters. The minimum absolute atomic E-state index is 0.455. The Morgan fingerprint density at radius 1 is 1.50 bits per heavy atom. The summed E-state index contributed by atoms with van der Waals surface area (Å²) in [6.45, 7) is 6.32. The topological polar surface area (TPSA) is 17.1 Å². The van der Waals surface area contributed by atoms with Crippen LogP contribution in [0, 0.1) is 5.92 Å². The highest BCUT2D eigenvalue weighted by molar-refractivity contribution is 5.80. The summed E-state index contributed by atoms with van der Waals surface area (Å²) >= 11 is 0. The number of carbonyl (C=O) groups is 1. The molecule has 1 fully saturated rings. The van der Waals surface area contributed by atoms with Gasteiger partial charge in [-0.3, -0.25) is 4.79 Å². The number of hydrogen-bond donors (Lipinski definition) is 0. The molecule has 0 aromatic rings. The Bertz CT molecular complexity index is 205. The standard InChI is InChI=1S/C13H22O/c1-3-4-5-6-11(2)9-12-7-8-13(14)10-12/h12H,2-10H2,1H3. The molecule has 80 valence electrons. The van der Waals surface area contributed by atoms with E-state index in [-0.39, 0.29) is 0 Å². The van der Waals surface area contributed by atoms with E-state index in [0.29, 0.717) is 11.7 Å². The molecule has 0 amide bonds. The van der Waals surface area contributed by atoms with Crippen LogP contribution in [0.4, 0.5) is 0 Å². The van der Waals surface area contributed by atoms with E-state index >= 15 is 0 Å². The van der Waals surface area contributed by atoms with Gasteiger partial charge in [0.25, 0.3) is 0 Å². The quantitative estimate of drug-likeness (QED) is 0.463. The summed E-state index contributed by atoms with van der Waals surface area (Å²) in [4.78, 5) is 11.1. The second-order valence-electron chi connectivity index (χ2n) is 4.56. The van der Waals surface area contributed by atoms with Crippen molar-refractivity contribution >= 4 is 5.78 Å². The van der Waals surface area contributed by atoms with Gasteiger partial charge in [-0.15, -0.1) is 0 Å². The third-order valence-electron chi connectivity index (χ3n) is 3.06. The first kappa shape index (κ1) is 11.5. The van der Waals surface area contributed by atoms with Crippen LogP contribution in [-0.2, 0) is 4.79 Å². The Kier molecular flexibility index (Phi) is 4.92. The van der Waals surface area contributed by atoms with Crippen molar-refractivity contribution in [2.24, 2.45) is 5.92 Å². The lowest BCUT2D eigenvalue weighted by Gasteiger charge is -2.10. The van der Waals surface area contributed by atoms with Crippen LogP contribution in [0.5, 0.6) is 0 Å². The maximum atomic E-state index is 11.1. The van der Waals surface area contributed by atoms with Crippen molar-refractivity contribution in [3.8, 4) is 0 Å². The third-order valence-corrected chi connectivity index (χ3v) is 3.06. The second kappa shape index (κ2) is 6.00. The van der Waals surface area contributed by atoms with E-state index < -0.39 is 0 Å². The van der Waals surface area contributed by atoms with Gasteiger partial charge in [-0.2, -0.15) is 0 Å². The predicted octanol–water partition coefficient (Wildman–Crippen LogP) is 3.88. The summed E-state index contributed by atoms with van der Waals surface area (Å²) in [6.07, 6.45) is 8.84. The molecule has 1 aliphatic carbocycles. The highest BCUT2D eigenvalue weighted by atomic mass is 16.1. The Morgan fingerprint density at radius 2 is 2.29 bits per heavy atom. The van der Waals surface area contributed by atoms with Crippen molar-refractivity contribution in [3.05, 3.63) is 12.2 Å². The summed E-state index contributed by atoms with van der Waals surface area (Å²) in [5, 5.41) is 0. The van der Waals surface area contributed by atoms with Gasteiger partial charge in [0.05, 0.1) is 0 Å². The van der Waals surface area contributed by atoms with E-state index in [9.17, 15) is 4.79 Å². The van der Waals surface area contributed by atoms with Gasteiger partial charge >= 0.3 is 0 Å². The van der Waals surface area contributed by atoms with Gasteiger partial charge in [-0.25, -0.2) is 0 Å². The first-order chi connectivity index (χ1) is 6.72. The number of unbranched alkanes of at least 4 members (excludes halogenated alkanes) is 2. The lowest BCUT2D eigenvalue weighted by atomic mass is 9.95. The molecule has 1 heteroatoms. The van der Waals surface area contributed by atoms with Crippen molar-refractivity contribution < 1.29 is 4.79 Å². The minimum atomic E-state index is 0.455. The smallest absolute Gasteiger partial charge is 0.133 e. The maximum absolute atomic E-state index is 11.1. The van der Waals surface area contributed by atoms with Crippen LogP contribution in [0.15, 0.2) is 12.2 Å². The molecule has 0 heterocycles. The van der Waals surface area contributed by atoms with Crippen molar-refractivity contribution in [2.45, 2.75) is 58.3 Å². The zero-order chi connectivity index (χ0) is 10.4. The first-order valence-corrected chi connectivity index (χ1v) is 5.90. The van der Waals surface area contributed by atoms with E-state index in [1.54, 1.807) is 0 Å². The van der Waals surface area contributed by atoms with E-state index in [0.717, 1.165) is 25.7 Å². The fraction of sp³-hybridized carbons (Fsp3) is 0.769. The van der Waals surface area contributed by atoms with Crippen LogP contribution < -0.4 is 0 Å². The molecule has 0 aliphatic heterocycles. The Balaban J connectivity index is 2.11. The van der Waals surface area contributed by atoms with Crippen molar-refractivity contribution in [3.63, 3.8) is 0 Å². The highest BCUT2D eigenvalue weighted by Gasteiger charge is 2.21. The molecule has 0 aromatic heterocycles. The SMILES string of the molecule is C=C(CCCCC)CC1CCC(=O)C1. The molecule has 0 N–H and O–H groups in total. The fourth-order valence-electron chi connectivity index (χ4n) is 2.20. The maximum Gasteiger partial charge on any atom is 0.133 e. The van der Waals surface area contributed by atoms with Crippen molar-refractivity contribution in [2.75, 3.05) is 0 Å². The van der Waals surface area contributed by atoms with Crippen LogP contribution in [0.2, 0.25) is 0 Å². The number of ketones is 1. The first-order valence-electron chi connectivity index (χ1n) is 5.90. The number of Topliss-reactive ketones (excluding diaryl/α,β-unsaturated/α-hetero) is 1. The summed E-state index contributed by atoms with van der Waals surface area (Å²) in [5.74, 6) is 1.08. The zero-order valence-corrected chi connectivity index (χ0v) is 9.35. The molecule has 0 saturated heterocycles. The zero-order valence-electron chi connectivity index (χ0n) is 9.35. The average Bonchev–Trinajstić information content (AvgIpc) is 2.52. The molecule has 1 rings (SSSR count). The van der Waals surface area contributed by atoms with Crippen LogP contribution in [0.25, 0.3) is 0 Å². The number of hydrogen-bond acceptors (Lipinski definition) is 1. The number of carbonyl (C=O) groups excluding carboxylic acids is 1. The summed E-state index contributed by atoms with van der Waals surface area (Å²) in [5.41, 5.74) is 1.36. The highest BCUT2D eigenvalue weighted by Crippen LogP contribution is 2.28. The molecule has 14 heavy (non-hydrogen) atoms. The van der Waals surface area contributed by atoms with Gasteiger partial charge in [-0.05, 0) is 31.6 Å². The van der Waals surface area contributed by atoms with Crippen LogP contribution in [0.3, 0.4) is 0 Å². The fourth-order valence-corrected chi connectivity index (χ4v) is 2.20. The Labute approximate surface area is 87.6 Å². The van der Waals surface area contributed by atoms with Crippen molar-refractivity contribution in [1.29, 1.82) is 0 Å². The molecule has 1 nitrogen and oxygen atoms in total. The van der Waals surface area contributed by atoms with Gasteiger partial charge in [0, 0.05) is 12.8 Å². The van der Waals surface area contributed by atoms with Crippen LogP contribution in [-0.4, -0.2) is 5.78 Å². The lowest BCUT2D eigenvalue weighted by Crippen LogP contribution is -1.97.